The molecule has 148 valence electrons. The Labute approximate surface area is 170 Å². The van der Waals surface area contributed by atoms with Crippen LogP contribution >= 0.6 is 15.9 Å². The molecule has 2 aromatic rings. The summed E-state index contributed by atoms with van der Waals surface area (Å²) in [6.07, 6.45) is 0.480. The van der Waals surface area contributed by atoms with Gasteiger partial charge in [-0.1, -0.05) is 6.07 Å². The van der Waals surface area contributed by atoms with Crippen LogP contribution in [0, 0.1) is 5.82 Å². The van der Waals surface area contributed by atoms with Crippen LogP contribution in [0.15, 0.2) is 45.8 Å². The Hall–Kier alpha value is -2.26. The van der Waals surface area contributed by atoms with Crippen molar-refractivity contribution in [1.82, 2.24) is 9.62 Å². The molecule has 0 unspecified atom stereocenters. The summed E-state index contributed by atoms with van der Waals surface area (Å²) in [5.74, 6) is -1.40. The molecule has 6 nitrogen and oxygen atoms in total. The van der Waals surface area contributed by atoms with E-state index in [1.807, 2.05) is 0 Å². The van der Waals surface area contributed by atoms with Crippen molar-refractivity contribution in [1.29, 1.82) is 0 Å². The first-order valence-corrected chi connectivity index (χ1v) is 10.8. The molecule has 2 amide bonds. The number of rotatable bonds is 5. The average Bonchev–Trinajstić information content (AvgIpc) is 2.83. The number of benzene rings is 2. The lowest BCUT2D eigenvalue weighted by atomic mass is 10.1. The van der Waals surface area contributed by atoms with Gasteiger partial charge in [-0.3, -0.25) is 9.59 Å². The lowest BCUT2D eigenvalue weighted by Gasteiger charge is -2.18. The van der Waals surface area contributed by atoms with Crippen molar-refractivity contribution in [3.8, 4) is 0 Å². The van der Waals surface area contributed by atoms with Gasteiger partial charge >= 0.3 is 0 Å². The lowest BCUT2D eigenvalue weighted by Crippen LogP contribution is -2.36. The third-order valence-corrected chi connectivity index (χ3v) is 6.97. The van der Waals surface area contributed by atoms with E-state index < -0.39 is 27.9 Å². The summed E-state index contributed by atoms with van der Waals surface area (Å²) in [7, 11) is -3.96. The molecule has 0 spiro atoms. The van der Waals surface area contributed by atoms with E-state index in [0.717, 1.165) is 9.87 Å². The van der Waals surface area contributed by atoms with Crippen LogP contribution in [0.5, 0.6) is 0 Å². The van der Waals surface area contributed by atoms with Gasteiger partial charge in [0.2, 0.25) is 0 Å². The van der Waals surface area contributed by atoms with E-state index >= 15 is 0 Å². The molecule has 1 aliphatic heterocycles. The molecule has 0 radical (unpaired) electrons. The van der Waals surface area contributed by atoms with E-state index in [0.29, 0.717) is 10.9 Å². The van der Waals surface area contributed by atoms with E-state index in [1.54, 1.807) is 26.0 Å². The Bertz CT molecular complexity index is 1070. The van der Waals surface area contributed by atoms with E-state index in [4.69, 9.17) is 0 Å². The number of sulfonamides is 1. The molecule has 1 N–H and O–H groups in total. The summed E-state index contributed by atoms with van der Waals surface area (Å²) in [6.45, 7) is 3.52. The summed E-state index contributed by atoms with van der Waals surface area (Å²) < 4.78 is 39.6. The highest BCUT2D eigenvalue weighted by Gasteiger charge is 2.42. The summed E-state index contributed by atoms with van der Waals surface area (Å²) in [5.41, 5.74) is 1.06. The molecule has 0 fully saturated rings. The lowest BCUT2D eigenvalue weighted by molar-refractivity contribution is 0.0845. The van der Waals surface area contributed by atoms with Gasteiger partial charge < -0.3 is 5.32 Å². The zero-order chi connectivity index (χ0) is 20.6. The number of carbonyl (C=O) groups excluding carboxylic acids is 2. The third kappa shape index (κ3) is 3.68. The van der Waals surface area contributed by atoms with Gasteiger partial charge in [0.05, 0.1) is 10.0 Å². The first kappa shape index (κ1) is 20.5. The van der Waals surface area contributed by atoms with Gasteiger partial charge in [-0.25, -0.2) is 17.1 Å². The zero-order valence-electron chi connectivity index (χ0n) is 15.2. The van der Waals surface area contributed by atoms with E-state index in [1.165, 1.54) is 24.3 Å². The molecule has 2 aromatic carbocycles. The Morgan fingerprint density at radius 1 is 1.21 bits per heavy atom. The minimum absolute atomic E-state index is 0.0708. The molecule has 3 rings (SSSR count). The summed E-state index contributed by atoms with van der Waals surface area (Å²) in [4.78, 5) is 24.6. The average molecular weight is 469 g/mol. The highest BCUT2D eigenvalue weighted by Crippen LogP contribution is 2.32. The largest absolute Gasteiger partial charge is 0.352 e. The maximum Gasteiger partial charge on any atom is 0.269 e. The number of hydrogen-bond donors (Lipinski definition) is 1. The fourth-order valence-corrected chi connectivity index (χ4v) is 5.24. The SMILES string of the molecule is CC(C)N1C(=O)c2ccc(C(=O)NCCc3ccc(F)c(Br)c3)cc2S1(=O)=O. The molecular weight excluding hydrogens is 451 g/mol. The standard InChI is InChI=1S/C19H18BrFN2O4S/c1-11(2)23-19(25)14-5-4-13(10-17(14)28(23,26)27)18(24)22-8-7-12-3-6-16(21)15(20)9-12/h3-6,9-11H,7-8H2,1-2H3,(H,22,24). The van der Waals surface area contributed by atoms with Gasteiger partial charge in [0.25, 0.3) is 21.8 Å². The van der Waals surface area contributed by atoms with Gasteiger partial charge in [0.1, 0.15) is 10.7 Å². The molecule has 0 atom stereocenters. The van der Waals surface area contributed by atoms with Crippen molar-refractivity contribution in [2.24, 2.45) is 0 Å². The molecule has 28 heavy (non-hydrogen) atoms. The van der Waals surface area contributed by atoms with Crippen molar-refractivity contribution < 1.29 is 22.4 Å². The van der Waals surface area contributed by atoms with Gasteiger partial charge in [-0.15, -0.1) is 0 Å². The number of amides is 2. The van der Waals surface area contributed by atoms with Crippen LogP contribution in [-0.4, -0.2) is 37.1 Å². The fraction of sp³-hybridized carbons (Fsp3) is 0.263. The minimum atomic E-state index is -3.96. The van der Waals surface area contributed by atoms with Gasteiger partial charge in [0, 0.05) is 18.2 Å². The van der Waals surface area contributed by atoms with Crippen LogP contribution in [-0.2, 0) is 16.4 Å². The number of fused-ring (bicyclic) bond motifs is 1. The Morgan fingerprint density at radius 3 is 2.57 bits per heavy atom. The van der Waals surface area contributed by atoms with E-state index in [-0.39, 0.29) is 28.4 Å². The zero-order valence-corrected chi connectivity index (χ0v) is 17.6. The maximum atomic E-state index is 13.3. The maximum absolute atomic E-state index is 13.3. The first-order chi connectivity index (χ1) is 13.1. The monoisotopic (exact) mass is 468 g/mol. The highest BCUT2D eigenvalue weighted by atomic mass is 79.9. The van der Waals surface area contributed by atoms with Gasteiger partial charge in [0.15, 0.2) is 0 Å². The number of hydrogen-bond acceptors (Lipinski definition) is 4. The second kappa shape index (κ2) is 7.63. The number of halogens is 2. The van der Waals surface area contributed by atoms with Crippen LogP contribution < -0.4 is 5.32 Å². The molecule has 9 heteroatoms. The molecule has 0 saturated carbocycles. The van der Waals surface area contributed by atoms with Crippen molar-refractivity contribution in [3.05, 3.63) is 63.4 Å². The number of nitrogens with zero attached hydrogens (tertiary/aromatic N) is 1. The second-order valence-corrected chi connectivity index (χ2v) is 9.30. The van der Waals surface area contributed by atoms with Crippen LogP contribution in [0.25, 0.3) is 0 Å². The minimum Gasteiger partial charge on any atom is -0.352 e. The number of carbonyl (C=O) groups is 2. The smallest absolute Gasteiger partial charge is 0.269 e. The summed E-state index contributed by atoms with van der Waals surface area (Å²) in [5, 5.41) is 2.70. The normalized spacial score (nSPS) is 15.0. The number of nitrogens with one attached hydrogen (secondary N) is 1. The van der Waals surface area contributed by atoms with Gasteiger partial charge in [-0.2, -0.15) is 0 Å². The van der Waals surface area contributed by atoms with Crippen molar-refractivity contribution in [3.63, 3.8) is 0 Å². The van der Waals surface area contributed by atoms with Crippen molar-refractivity contribution in [2.45, 2.75) is 31.2 Å². The fourth-order valence-electron chi connectivity index (χ4n) is 3.02. The predicted molar refractivity (Wildman–Crippen MR) is 105 cm³/mol. The molecule has 1 aliphatic rings. The first-order valence-electron chi connectivity index (χ1n) is 8.58. The molecule has 0 saturated heterocycles. The van der Waals surface area contributed by atoms with Gasteiger partial charge in [-0.05, 0) is 72.1 Å². The molecule has 0 aromatic heterocycles. The van der Waals surface area contributed by atoms with Crippen LogP contribution in [0.2, 0.25) is 0 Å². The van der Waals surface area contributed by atoms with Crippen LogP contribution in [0.4, 0.5) is 4.39 Å². The molecular formula is C19H18BrFN2O4S. The van der Waals surface area contributed by atoms with Crippen LogP contribution in [0.3, 0.4) is 0 Å². The van der Waals surface area contributed by atoms with Crippen LogP contribution in [0.1, 0.15) is 40.1 Å². The van der Waals surface area contributed by atoms with Crippen molar-refractivity contribution in [2.75, 3.05) is 6.54 Å². The molecule has 0 bridgehead atoms. The Kier molecular flexibility index (Phi) is 5.58. The topological polar surface area (TPSA) is 83.6 Å². The third-order valence-electron chi connectivity index (χ3n) is 4.36. The second-order valence-electron chi connectivity index (χ2n) is 6.67. The van der Waals surface area contributed by atoms with E-state index in [9.17, 15) is 22.4 Å². The van der Waals surface area contributed by atoms with E-state index in [2.05, 4.69) is 21.2 Å². The van der Waals surface area contributed by atoms with Crippen molar-refractivity contribution >= 4 is 37.8 Å². The molecule has 0 aliphatic carbocycles. The molecule has 1 heterocycles. The highest BCUT2D eigenvalue weighted by molar-refractivity contribution is 9.10. The Balaban J connectivity index is 1.73. The summed E-state index contributed by atoms with van der Waals surface area (Å²) in [6, 6.07) is 8.11. The predicted octanol–water partition coefficient (Wildman–Crippen LogP) is 3.11. The summed E-state index contributed by atoms with van der Waals surface area (Å²) >= 11 is 3.11. The Morgan fingerprint density at radius 2 is 1.93 bits per heavy atom. The quantitative estimate of drug-likeness (QED) is 0.730.